The number of nitrogens with zero attached hydrogens (tertiary/aromatic N) is 1. The van der Waals surface area contributed by atoms with Gasteiger partial charge in [-0.25, -0.2) is 4.90 Å². The molecular formula is C50H27NO2. The zero-order chi connectivity index (χ0) is 34.9. The summed E-state index contributed by atoms with van der Waals surface area (Å²) in [6.07, 6.45) is 0. The number of hydrogen-bond acceptors (Lipinski definition) is 2. The van der Waals surface area contributed by atoms with Gasteiger partial charge in [-0.2, -0.15) is 0 Å². The van der Waals surface area contributed by atoms with E-state index >= 15 is 0 Å². The highest BCUT2D eigenvalue weighted by molar-refractivity contribution is 6.44. The smallest absolute Gasteiger partial charge is 0.265 e. The monoisotopic (exact) mass is 673 g/mol. The summed E-state index contributed by atoms with van der Waals surface area (Å²) in [6.45, 7) is 0. The maximum absolute atomic E-state index is 14.1. The van der Waals surface area contributed by atoms with E-state index in [-0.39, 0.29) is 11.8 Å². The Bertz CT molecular complexity index is 3050. The second kappa shape index (κ2) is 10.2. The van der Waals surface area contributed by atoms with Gasteiger partial charge in [0.05, 0.1) is 5.69 Å². The fourth-order valence-electron chi connectivity index (χ4n) is 9.59. The van der Waals surface area contributed by atoms with E-state index in [1.807, 2.05) is 42.5 Å². The molecular weight excluding hydrogens is 647 g/mol. The third kappa shape index (κ3) is 3.58. The average molecular weight is 674 g/mol. The zero-order valence-corrected chi connectivity index (χ0v) is 28.4. The molecule has 53 heavy (non-hydrogen) atoms. The standard InChI is InChI=1S/C50H27NO2/c52-49-39-26-22-35-33-20-24-37-45-38(25-21-34(43(33)45)36-23-27-40(46(39)44(35)36)50(53)51(49)30-16-8-3-9-17-30)48-42(29-14-6-2-7-15-29)32-19-11-10-18-31(32)41(47(37)48)28-12-4-1-5-13-28/h1-27H. The molecule has 0 radical (unpaired) electrons. The van der Waals surface area contributed by atoms with Crippen LogP contribution in [0.25, 0.3) is 98.4 Å². The molecule has 0 aromatic heterocycles. The molecule has 3 nitrogen and oxygen atoms in total. The van der Waals surface area contributed by atoms with Gasteiger partial charge in [-0.1, -0.05) is 140 Å². The number of amides is 2. The van der Waals surface area contributed by atoms with Crippen molar-refractivity contribution in [2.75, 3.05) is 4.90 Å². The molecule has 12 rings (SSSR count). The first kappa shape index (κ1) is 28.6. The SMILES string of the molecule is O=C1c2ccc3c4ccc5c6c(ccc(c7ccc(c2c37)C(=O)N1c1ccccc1)c64)-c1c-5c(-c2ccccc2)c2ccccc2c1-c1ccccc1. The summed E-state index contributed by atoms with van der Waals surface area (Å²) in [4.78, 5) is 29.5. The van der Waals surface area contributed by atoms with Crippen molar-refractivity contribution < 1.29 is 9.59 Å². The summed E-state index contributed by atoms with van der Waals surface area (Å²) >= 11 is 0. The summed E-state index contributed by atoms with van der Waals surface area (Å²) < 4.78 is 0. The van der Waals surface area contributed by atoms with Crippen molar-refractivity contribution in [2.24, 2.45) is 0 Å². The largest absolute Gasteiger partial charge is 0.268 e. The number of benzene rings is 10. The van der Waals surface area contributed by atoms with E-state index in [9.17, 15) is 9.59 Å². The molecule has 2 amide bonds. The molecule has 0 saturated carbocycles. The number of anilines is 1. The number of para-hydroxylation sites is 1. The lowest BCUT2D eigenvalue weighted by Crippen LogP contribution is -2.40. The topological polar surface area (TPSA) is 37.4 Å². The Labute approximate surface area is 304 Å². The van der Waals surface area contributed by atoms with Crippen LogP contribution >= 0.6 is 0 Å². The number of carbonyl (C=O) groups is 2. The van der Waals surface area contributed by atoms with Crippen molar-refractivity contribution in [1.29, 1.82) is 0 Å². The molecule has 2 aliphatic rings. The van der Waals surface area contributed by atoms with Crippen molar-refractivity contribution in [2.45, 2.75) is 0 Å². The lowest BCUT2D eigenvalue weighted by Gasteiger charge is -2.28. The summed E-state index contributed by atoms with van der Waals surface area (Å²) in [5.74, 6) is -0.581. The van der Waals surface area contributed by atoms with Crippen LogP contribution in [0.3, 0.4) is 0 Å². The normalized spacial score (nSPS) is 13.3. The van der Waals surface area contributed by atoms with E-state index < -0.39 is 0 Å². The fraction of sp³-hybridized carbons (Fsp3) is 0. The Hall–Kier alpha value is -7.10. The first-order chi connectivity index (χ1) is 26.2. The van der Waals surface area contributed by atoms with E-state index in [0.29, 0.717) is 16.8 Å². The van der Waals surface area contributed by atoms with Gasteiger partial charge in [0, 0.05) is 16.5 Å². The van der Waals surface area contributed by atoms with Crippen LogP contribution in [0.1, 0.15) is 20.7 Å². The van der Waals surface area contributed by atoms with Crippen LogP contribution in [-0.2, 0) is 0 Å². The maximum Gasteiger partial charge on any atom is 0.265 e. The molecule has 1 aliphatic carbocycles. The van der Waals surface area contributed by atoms with Crippen molar-refractivity contribution >= 4 is 71.4 Å². The zero-order valence-electron chi connectivity index (χ0n) is 28.4. The third-order valence-electron chi connectivity index (χ3n) is 11.7. The highest BCUT2D eigenvalue weighted by Crippen LogP contribution is 2.59. The minimum Gasteiger partial charge on any atom is -0.268 e. The van der Waals surface area contributed by atoms with Crippen molar-refractivity contribution in [3.8, 4) is 44.5 Å². The summed E-state index contributed by atoms with van der Waals surface area (Å²) in [5, 5.41) is 11.0. The highest BCUT2D eigenvalue weighted by atomic mass is 16.2. The molecule has 0 atom stereocenters. The van der Waals surface area contributed by atoms with Gasteiger partial charge in [-0.15, -0.1) is 0 Å². The molecule has 1 aliphatic heterocycles. The van der Waals surface area contributed by atoms with Gasteiger partial charge in [-0.05, 0) is 117 Å². The van der Waals surface area contributed by atoms with Crippen LogP contribution in [0, 0.1) is 0 Å². The summed E-state index contributed by atoms with van der Waals surface area (Å²) in [6, 6.07) is 56.8. The van der Waals surface area contributed by atoms with Crippen molar-refractivity contribution in [3.05, 3.63) is 175 Å². The number of hydrogen-bond donors (Lipinski definition) is 0. The van der Waals surface area contributed by atoms with Gasteiger partial charge in [0.2, 0.25) is 0 Å². The van der Waals surface area contributed by atoms with Crippen molar-refractivity contribution in [3.63, 3.8) is 0 Å². The lowest BCUT2D eigenvalue weighted by molar-refractivity contribution is 0.0893. The van der Waals surface area contributed by atoms with Crippen LogP contribution in [0.2, 0.25) is 0 Å². The van der Waals surface area contributed by atoms with Gasteiger partial charge in [-0.3, -0.25) is 9.59 Å². The number of rotatable bonds is 3. The molecule has 10 aromatic rings. The Morgan fingerprint density at radius 1 is 0.283 bits per heavy atom. The van der Waals surface area contributed by atoms with E-state index in [1.54, 1.807) is 0 Å². The Kier molecular flexibility index (Phi) is 5.53. The Morgan fingerprint density at radius 2 is 0.642 bits per heavy atom. The predicted molar refractivity (Wildman–Crippen MR) is 218 cm³/mol. The van der Waals surface area contributed by atoms with Crippen LogP contribution in [0.5, 0.6) is 0 Å². The van der Waals surface area contributed by atoms with Crippen LogP contribution in [-0.4, -0.2) is 11.8 Å². The predicted octanol–water partition coefficient (Wildman–Crippen LogP) is 12.7. The minimum atomic E-state index is -0.290. The molecule has 10 aromatic carbocycles. The Balaban J connectivity index is 1.21. The van der Waals surface area contributed by atoms with E-state index in [0.717, 1.165) is 32.3 Å². The van der Waals surface area contributed by atoms with Gasteiger partial charge >= 0.3 is 0 Å². The second-order valence-electron chi connectivity index (χ2n) is 14.2. The van der Waals surface area contributed by atoms with E-state index in [4.69, 9.17) is 0 Å². The number of imide groups is 1. The molecule has 0 spiro atoms. The van der Waals surface area contributed by atoms with E-state index in [1.165, 1.54) is 71.0 Å². The fourth-order valence-corrected chi connectivity index (χ4v) is 9.59. The Morgan fingerprint density at radius 3 is 1.08 bits per heavy atom. The molecule has 0 fully saturated rings. The molecule has 0 N–H and O–H groups in total. The third-order valence-corrected chi connectivity index (χ3v) is 11.7. The van der Waals surface area contributed by atoms with Gasteiger partial charge < -0.3 is 0 Å². The van der Waals surface area contributed by atoms with Gasteiger partial charge in [0.15, 0.2) is 0 Å². The molecule has 3 heteroatoms. The first-order valence-electron chi connectivity index (χ1n) is 18.0. The first-order valence-corrected chi connectivity index (χ1v) is 18.0. The van der Waals surface area contributed by atoms with Crippen molar-refractivity contribution in [1.82, 2.24) is 0 Å². The number of carbonyl (C=O) groups excluding carboxylic acids is 2. The number of fused-ring (bicyclic) bond motifs is 6. The molecule has 244 valence electrons. The second-order valence-corrected chi connectivity index (χ2v) is 14.2. The molecule has 0 bridgehead atoms. The summed E-state index contributed by atoms with van der Waals surface area (Å²) in [5.41, 5.74) is 11.6. The average Bonchev–Trinajstić information content (AvgIpc) is 3.55. The summed E-state index contributed by atoms with van der Waals surface area (Å²) in [7, 11) is 0. The lowest BCUT2D eigenvalue weighted by atomic mass is 9.82. The molecule has 1 heterocycles. The maximum atomic E-state index is 14.1. The van der Waals surface area contributed by atoms with Crippen LogP contribution < -0.4 is 4.90 Å². The minimum absolute atomic E-state index is 0.290. The highest BCUT2D eigenvalue weighted by Gasteiger charge is 2.36. The van der Waals surface area contributed by atoms with Crippen LogP contribution in [0.4, 0.5) is 5.69 Å². The molecule has 0 saturated heterocycles. The van der Waals surface area contributed by atoms with Crippen LogP contribution in [0.15, 0.2) is 164 Å². The van der Waals surface area contributed by atoms with E-state index in [2.05, 4.69) is 121 Å². The van der Waals surface area contributed by atoms with Gasteiger partial charge in [0.1, 0.15) is 0 Å². The molecule has 0 unspecified atom stereocenters. The quantitative estimate of drug-likeness (QED) is 0.106. The van der Waals surface area contributed by atoms with Gasteiger partial charge in [0.25, 0.3) is 11.8 Å².